The molecule has 2 atom stereocenters. The maximum absolute atomic E-state index is 13.9. The first-order valence-electron chi connectivity index (χ1n) is 11.4. The summed E-state index contributed by atoms with van der Waals surface area (Å²) in [6.07, 6.45) is 1.25. The van der Waals surface area contributed by atoms with Crippen LogP contribution in [0.1, 0.15) is 65.7 Å². The molecular weight excluding hydrogens is 458 g/mol. The first-order valence-corrected chi connectivity index (χ1v) is 11.4. The molecule has 1 aromatic carbocycles. The minimum Gasteiger partial charge on any atom is -0.485 e. The topological polar surface area (TPSA) is 98.9 Å². The third-order valence-electron chi connectivity index (χ3n) is 5.85. The van der Waals surface area contributed by atoms with Crippen molar-refractivity contribution >= 4 is 11.8 Å². The van der Waals surface area contributed by atoms with Gasteiger partial charge in [0, 0.05) is 24.4 Å². The van der Waals surface area contributed by atoms with Crippen molar-refractivity contribution in [2.75, 3.05) is 6.61 Å². The Hall–Kier alpha value is -2.20. The Morgan fingerprint density at radius 3 is 2.18 bits per heavy atom. The number of carbonyl (C=O) groups is 2. The van der Waals surface area contributed by atoms with Crippen LogP contribution in [0.4, 0.5) is 17.6 Å². The second-order valence-corrected chi connectivity index (χ2v) is 9.84. The van der Waals surface area contributed by atoms with E-state index < -0.39 is 59.2 Å². The summed E-state index contributed by atoms with van der Waals surface area (Å²) in [6.45, 7) is 4.25. The molecule has 1 fully saturated rings. The monoisotopic (exact) mass is 491 g/mol. The van der Waals surface area contributed by atoms with Gasteiger partial charge in [0.05, 0.1) is 12.5 Å². The van der Waals surface area contributed by atoms with Crippen LogP contribution in [-0.2, 0) is 14.3 Å². The van der Waals surface area contributed by atoms with Crippen molar-refractivity contribution in [1.29, 1.82) is 0 Å². The minimum atomic E-state index is -1.74. The molecule has 34 heavy (non-hydrogen) atoms. The van der Waals surface area contributed by atoms with Gasteiger partial charge < -0.3 is 20.3 Å². The van der Waals surface area contributed by atoms with Crippen molar-refractivity contribution in [1.82, 2.24) is 0 Å². The molecule has 0 radical (unpaired) electrons. The van der Waals surface area contributed by atoms with E-state index in [0.29, 0.717) is 12.8 Å². The van der Waals surface area contributed by atoms with Crippen LogP contribution in [0.2, 0.25) is 0 Å². The van der Waals surface area contributed by atoms with Crippen molar-refractivity contribution in [2.24, 2.45) is 17.6 Å². The Kier molecular flexibility index (Phi) is 9.87. The highest BCUT2D eigenvalue weighted by Gasteiger charge is 2.30. The average Bonchev–Trinajstić information content (AvgIpc) is 2.74. The van der Waals surface area contributed by atoms with E-state index in [4.69, 9.17) is 15.2 Å². The van der Waals surface area contributed by atoms with Crippen molar-refractivity contribution in [3.05, 3.63) is 29.3 Å². The Balaban J connectivity index is 2.07. The van der Waals surface area contributed by atoms with Crippen LogP contribution in [0, 0.1) is 35.1 Å². The van der Waals surface area contributed by atoms with E-state index in [-0.39, 0.29) is 43.1 Å². The molecule has 0 saturated heterocycles. The zero-order chi connectivity index (χ0) is 25.6. The Morgan fingerprint density at radius 2 is 1.65 bits per heavy atom. The molecule has 0 heterocycles. The summed E-state index contributed by atoms with van der Waals surface area (Å²) >= 11 is 0. The third kappa shape index (κ3) is 8.23. The number of ketones is 1. The number of benzene rings is 1. The van der Waals surface area contributed by atoms with Crippen LogP contribution in [-0.4, -0.2) is 41.2 Å². The lowest BCUT2D eigenvalue weighted by Gasteiger charge is -2.27. The molecule has 0 spiro atoms. The Bertz CT molecular complexity index is 840. The lowest BCUT2D eigenvalue weighted by Crippen LogP contribution is -2.33. The molecule has 1 saturated carbocycles. The number of aliphatic hydroxyl groups is 1. The van der Waals surface area contributed by atoms with Crippen LogP contribution < -0.4 is 10.5 Å². The van der Waals surface area contributed by atoms with Crippen molar-refractivity contribution < 1.29 is 41.7 Å². The minimum absolute atomic E-state index is 0.0153. The number of aliphatic hydroxyl groups excluding tert-OH is 1. The molecule has 192 valence electrons. The zero-order valence-corrected chi connectivity index (χ0v) is 19.7. The normalized spacial score (nSPS) is 20.5. The summed E-state index contributed by atoms with van der Waals surface area (Å²) < 4.78 is 64.7. The summed E-state index contributed by atoms with van der Waals surface area (Å²) in [5.41, 5.74) is 5.09. The van der Waals surface area contributed by atoms with E-state index in [2.05, 4.69) is 0 Å². The summed E-state index contributed by atoms with van der Waals surface area (Å²) in [6, 6.07) is 0.125. The quantitative estimate of drug-likeness (QED) is 0.289. The highest BCUT2D eigenvalue weighted by Crippen LogP contribution is 2.29. The van der Waals surface area contributed by atoms with Gasteiger partial charge in [-0.3, -0.25) is 9.59 Å². The second kappa shape index (κ2) is 12.0. The van der Waals surface area contributed by atoms with Gasteiger partial charge in [0.1, 0.15) is 18.0 Å². The van der Waals surface area contributed by atoms with E-state index in [1.807, 2.05) is 0 Å². The standard InChI is InChI=1S/C24H33F4NO5/c1-24(2,3)34-20(32)10-14(6-9-18(30)13-4-7-15(29)8-5-13)19(31)12-33-23-21(27)16(25)11-17(26)22(23)28/h11,13-15,19,31H,4-10,12,29H2,1-3H3/t13?,14-,15?,19?/m0/s1. The van der Waals surface area contributed by atoms with Gasteiger partial charge in [-0.05, 0) is 58.8 Å². The summed E-state index contributed by atoms with van der Waals surface area (Å²) in [5.74, 6) is -9.72. The fraction of sp³-hybridized carbons (Fsp3) is 0.667. The molecule has 6 nitrogen and oxygen atoms in total. The van der Waals surface area contributed by atoms with Crippen LogP contribution in [0.3, 0.4) is 0 Å². The predicted octanol–water partition coefficient (Wildman–Crippen LogP) is 4.20. The van der Waals surface area contributed by atoms with Crippen molar-refractivity contribution in [3.8, 4) is 5.75 Å². The first-order chi connectivity index (χ1) is 15.8. The molecule has 1 aliphatic carbocycles. The van der Waals surface area contributed by atoms with E-state index in [1.54, 1.807) is 20.8 Å². The van der Waals surface area contributed by atoms with Gasteiger partial charge >= 0.3 is 5.97 Å². The van der Waals surface area contributed by atoms with Gasteiger partial charge in [0.2, 0.25) is 11.6 Å². The van der Waals surface area contributed by atoms with Crippen LogP contribution >= 0.6 is 0 Å². The maximum atomic E-state index is 13.9. The molecule has 3 N–H and O–H groups in total. The summed E-state index contributed by atoms with van der Waals surface area (Å²) in [4.78, 5) is 25.0. The average molecular weight is 492 g/mol. The Morgan fingerprint density at radius 1 is 1.09 bits per heavy atom. The number of carbonyl (C=O) groups excluding carboxylic acids is 2. The fourth-order valence-electron chi connectivity index (χ4n) is 3.98. The predicted molar refractivity (Wildman–Crippen MR) is 116 cm³/mol. The van der Waals surface area contributed by atoms with Gasteiger partial charge in [-0.1, -0.05) is 0 Å². The lowest BCUT2D eigenvalue weighted by molar-refractivity contribution is -0.157. The number of rotatable bonds is 10. The highest BCUT2D eigenvalue weighted by molar-refractivity contribution is 5.81. The molecule has 0 aromatic heterocycles. The molecule has 1 aliphatic rings. The summed E-state index contributed by atoms with van der Waals surface area (Å²) in [5, 5.41) is 10.6. The SMILES string of the molecule is CC(C)(C)OC(=O)C[C@H](CCC(=O)C1CCC(N)CC1)C(O)COc1c(F)c(F)cc(F)c1F. The first kappa shape index (κ1) is 28.0. The molecule has 1 aromatic rings. The van der Waals surface area contributed by atoms with Gasteiger partial charge in [0.25, 0.3) is 0 Å². The molecule has 0 aliphatic heterocycles. The van der Waals surface area contributed by atoms with Crippen LogP contribution in [0.15, 0.2) is 6.07 Å². The van der Waals surface area contributed by atoms with Crippen molar-refractivity contribution in [2.45, 2.75) is 83.5 Å². The van der Waals surface area contributed by atoms with Gasteiger partial charge in [0.15, 0.2) is 17.4 Å². The number of Topliss-reactive ketones (excluding diaryl/α,β-unsaturated/α-hetero) is 1. The largest absolute Gasteiger partial charge is 0.485 e. The Labute approximate surface area is 196 Å². The van der Waals surface area contributed by atoms with Gasteiger partial charge in [-0.25, -0.2) is 8.78 Å². The zero-order valence-electron chi connectivity index (χ0n) is 19.7. The van der Waals surface area contributed by atoms with E-state index in [9.17, 15) is 32.3 Å². The highest BCUT2D eigenvalue weighted by atomic mass is 19.2. The number of hydrogen-bond donors (Lipinski definition) is 2. The smallest absolute Gasteiger partial charge is 0.306 e. The van der Waals surface area contributed by atoms with E-state index in [0.717, 1.165) is 12.8 Å². The molecular formula is C24H33F4NO5. The number of hydrogen-bond acceptors (Lipinski definition) is 6. The molecule has 1 unspecified atom stereocenters. The third-order valence-corrected chi connectivity index (χ3v) is 5.85. The molecule has 10 heteroatoms. The maximum Gasteiger partial charge on any atom is 0.306 e. The van der Waals surface area contributed by atoms with Gasteiger partial charge in [-0.2, -0.15) is 8.78 Å². The molecule has 2 rings (SSSR count). The number of ether oxygens (including phenoxy) is 2. The number of esters is 1. The molecule has 0 amide bonds. The van der Waals surface area contributed by atoms with E-state index >= 15 is 0 Å². The van der Waals surface area contributed by atoms with Gasteiger partial charge in [-0.15, -0.1) is 0 Å². The molecule has 0 bridgehead atoms. The van der Waals surface area contributed by atoms with Crippen molar-refractivity contribution in [3.63, 3.8) is 0 Å². The number of halogens is 4. The van der Waals surface area contributed by atoms with Crippen LogP contribution in [0.5, 0.6) is 5.75 Å². The summed E-state index contributed by atoms with van der Waals surface area (Å²) in [7, 11) is 0. The fourth-order valence-corrected chi connectivity index (χ4v) is 3.98. The van der Waals surface area contributed by atoms with E-state index in [1.165, 1.54) is 0 Å². The van der Waals surface area contributed by atoms with Crippen LogP contribution in [0.25, 0.3) is 0 Å². The lowest BCUT2D eigenvalue weighted by atomic mass is 9.81. The second-order valence-electron chi connectivity index (χ2n) is 9.84. The number of nitrogens with two attached hydrogens (primary N) is 1.